The zero-order valence-electron chi connectivity index (χ0n) is 10.3. The highest BCUT2D eigenvalue weighted by Crippen LogP contribution is 2.30. The van der Waals surface area contributed by atoms with Gasteiger partial charge in [-0.25, -0.2) is 4.98 Å². The molecule has 0 radical (unpaired) electrons. The van der Waals surface area contributed by atoms with E-state index in [1.807, 2.05) is 6.07 Å². The van der Waals surface area contributed by atoms with Crippen molar-refractivity contribution < 1.29 is 14.8 Å². The Morgan fingerprint density at radius 3 is 3.10 bits per heavy atom. The van der Waals surface area contributed by atoms with Crippen molar-refractivity contribution in [3.63, 3.8) is 0 Å². The molecule has 0 unspecified atom stereocenters. The molecule has 0 aliphatic carbocycles. The van der Waals surface area contributed by atoms with Gasteiger partial charge in [-0.2, -0.15) is 0 Å². The van der Waals surface area contributed by atoms with Crippen molar-refractivity contribution in [2.24, 2.45) is 0 Å². The van der Waals surface area contributed by atoms with E-state index in [-0.39, 0.29) is 5.75 Å². The zero-order chi connectivity index (χ0) is 14.1. The minimum atomic E-state index is -0.896. The van der Waals surface area contributed by atoms with Crippen LogP contribution in [0.1, 0.15) is 5.56 Å². The summed E-state index contributed by atoms with van der Waals surface area (Å²) in [5, 5.41) is 19.8. The number of aromatic nitrogens is 1. The van der Waals surface area contributed by atoms with E-state index in [2.05, 4.69) is 22.3 Å². The van der Waals surface area contributed by atoms with Crippen molar-refractivity contribution in [2.45, 2.75) is 16.5 Å². The van der Waals surface area contributed by atoms with Gasteiger partial charge in [0.25, 0.3) is 0 Å². The Kier molecular flexibility index (Phi) is 3.79. The first-order valence-electron chi connectivity index (χ1n) is 5.87. The van der Waals surface area contributed by atoms with Gasteiger partial charge in [0.05, 0.1) is 12.3 Å². The number of thiol groups is 1. The van der Waals surface area contributed by atoms with Crippen LogP contribution in [0, 0.1) is 0 Å². The normalized spacial score (nSPS) is 13.4. The second-order valence-corrected chi connectivity index (χ2v) is 5.54. The van der Waals surface area contributed by atoms with Crippen LogP contribution in [0.15, 0.2) is 40.4 Å². The average molecular weight is 306 g/mol. The summed E-state index contributed by atoms with van der Waals surface area (Å²) in [6.45, 7) is 0.387. The average Bonchev–Trinajstić information content (AvgIpc) is 2.78. The van der Waals surface area contributed by atoms with Gasteiger partial charge >= 0.3 is 7.12 Å². The molecule has 20 heavy (non-hydrogen) atoms. The van der Waals surface area contributed by atoms with Crippen LogP contribution in [0.25, 0.3) is 0 Å². The molecule has 0 amide bonds. The van der Waals surface area contributed by atoms with Crippen LogP contribution in [-0.2, 0) is 11.3 Å². The first-order chi connectivity index (χ1) is 9.65. The molecule has 0 atom stereocenters. The number of hydrogen-bond donors (Lipinski definition) is 4. The minimum Gasteiger partial charge on any atom is -0.505 e. The second-order valence-electron chi connectivity index (χ2n) is 4.26. The van der Waals surface area contributed by atoms with Crippen molar-refractivity contribution in [3.8, 4) is 5.75 Å². The third kappa shape index (κ3) is 2.60. The van der Waals surface area contributed by atoms with Gasteiger partial charge in [-0.1, -0.05) is 0 Å². The molecule has 3 N–H and O–H groups in total. The molecule has 1 aliphatic heterocycles. The largest absolute Gasteiger partial charge is 0.505 e. The number of benzene rings is 1. The second kappa shape index (κ2) is 5.57. The van der Waals surface area contributed by atoms with Crippen LogP contribution in [0.2, 0.25) is 0 Å². The smallest absolute Gasteiger partial charge is 0.491 e. The molecule has 0 fully saturated rings. The fourth-order valence-electron chi connectivity index (χ4n) is 1.91. The summed E-state index contributed by atoms with van der Waals surface area (Å²) < 4.78 is 8.22. The summed E-state index contributed by atoms with van der Waals surface area (Å²) in [7, 11) is -0.896. The predicted octanol–water partition coefficient (Wildman–Crippen LogP) is 1.41. The monoisotopic (exact) mass is 306 g/mol. The molecule has 8 heteroatoms. The molecular weight excluding hydrogens is 295 g/mol. The Balaban J connectivity index is 1.82. The van der Waals surface area contributed by atoms with Gasteiger partial charge in [-0.15, -0.1) is 12.6 Å². The van der Waals surface area contributed by atoms with Gasteiger partial charge in [0.2, 0.25) is 0 Å². The molecule has 2 aromatic rings. The Morgan fingerprint density at radius 2 is 2.30 bits per heavy atom. The lowest BCUT2D eigenvalue weighted by molar-refractivity contribution is 0.275. The van der Waals surface area contributed by atoms with Crippen molar-refractivity contribution in [3.05, 3.63) is 36.0 Å². The number of rotatable bonds is 3. The summed E-state index contributed by atoms with van der Waals surface area (Å²) in [5.74, 6) is 0.107. The van der Waals surface area contributed by atoms with Crippen molar-refractivity contribution >= 4 is 42.8 Å². The van der Waals surface area contributed by atoms with E-state index in [0.29, 0.717) is 11.6 Å². The highest BCUT2D eigenvalue weighted by Gasteiger charge is 2.28. The lowest BCUT2D eigenvalue weighted by Crippen LogP contribution is -2.28. The third-order valence-electron chi connectivity index (χ3n) is 2.93. The Labute approximate surface area is 126 Å². The number of anilines is 1. The van der Waals surface area contributed by atoms with Gasteiger partial charge in [0.15, 0.2) is 5.03 Å². The van der Waals surface area contributed by atoms with Gasteiger partial charge in [-0.3, -0.25) is 0 Å². The van der Waals surface area contributed by atoms with Crippen LogP contribution in [0.3, 0.4) is 0 Å². The van der Waals surface area contributed by atoms with E-state index in [1.165, 1.54) is 11.9 Å². The molecule has 1 aliphatic rings. The number of nitrogens with one attached hydrogen (secondary N) is 1. The standard InChI is InChI=1S/C12H11BN2O3S2/c16-10-2-1-3-14-12(10)20-15-9-5-8-7(4-11(9)19)6-18-13(8)17/h1-5,15-17,19H,6H2. The summed E-state index contributed by atoms with van der Waals surface area (Å²) >= 11 is 5.58. The Bertz CT molecular complexity index is 657. The van der Waals surface area contributed by atoms with E-state index in [4.69, 9.17) is 4.65 Å². The molecule has 5 nitrogen and oxygen atoms in total. The molecule has 0 bridgehead atoms. The molecule has 1 aromatic heterocycles. The van der Waals surface area contributed by atoms with E-state index in [0.717, 1.165) is 21.6 Å². The first kappa shape index (κ1) is 13.6. The maximum atomic E-state index is 9.69. The topological polar surface area (TPSA) is 74.6 Å². The quantitative estimate of drug-likeness (QED) is 0.390. The number of fused-ring (bicyclic) bond motifs is 1. The molecular formula is C12H11BN2O3S2. The lowest BCUT2D eigenvalue weighted by atomic mass is 9.79. The van der Waals surface area contributed by atoms with Crippen molar-refractivity contribution in [1.29, 1.82) is 0 Å². The molecule has 2 heterocycles. The molecule has 0 saturated heterocycles. The predicted molar refractivity (Wildman–Crippen MR) is 81.5 cm³/mol. The van der Waals surface area contributed by atoms with E-state index < -0.39 is 7.12 Å². The fraction of sp³-hybridized carbons (Fsp3) is 0.0833. The van der Waals surface area contributed by atoms with E-state index >= 15 is 0 Å². The van der Waals surface area contributed by atoms with E-state index in [9.17, 15) is 10.1 Å². The molecule has 102 valence electrons. The van der Waals surface area contributed by atoms with Crippen LogP contribution < -0.4 is 10.2 Å². The summed E-state index contributed by atoms with van der Waals surface area (Å²) in [6, 6.07) is 6.88. The number of aromatic hydroxyl groups is 1. The Morgan fingerprint density at radius 1 is 1.45 bits per heavy atom. The van der Waals surface area contributed by atoms with Gasteiger partial charge in [0.1, 0.15) is 5.75 Å². The lowest BCUT2D eigenvalue weighted by Gasteiger charge is -2.10. The van der Waals surface area contributed by atoms with Crippen LogP contribution in [-0.4, -0.2) is 22.2 Å². The summed E-state index contributed by atoms with van der Waals surface area (Å²) in [6.07, 6.45) is 1.60. The van der Waals surface area contributed by atoms with Crippen molar-refractivity contribution in [1.82, 2.24) is 4.98 Å². The van der Waals surface area contributed by atoms with E-state index in [1.54, 1.807) is 24.4 Å². The van der Waals surface area contributed by atoms with Gasteiger partial charge < -0.3 is 19.5 Å². The fourth-order valence-corrected chi connectivity index (χ4v) is 2.92. The van der Waals surface area contributed by atoms with Crippen LogP contribution in [0.5, 0.6) is 5.75 Å². The summed E-state index contributed by atoms with van der Waals surface area (Å²) in [4.78, 5) is 4.80. The molecule has 1 aromatic carbocycles. The number of pyridine rings is 1. The Hall–Kier alpha value is -1.35. The molecule has 0 spiro atoms. The van der Waals surface area contributed by atoms with Crippen LogP contribution in [0.4, 0.5) is 5.69 Å². The molecule has 3 rings (SSSR count). The van der Waals surface area contributed by atoms with Gasteiger partial charge in [-0.05, 0) is 35.3 Å². The summed E-state index contributed by atoms with van der Waals surface area (Å²) in [5.41, 5.74) is 2.39. The zero-order valence-corrected chi connectivity index (χ0v) is 12.0. The minimum absolute atomic E-state index is 0.107. The van der Waals surface area contributed by atoms with Crippen LogP contribution >= 0.6 is 24.6 Å². The molecule has 0 saturated carbocycles. The number of hydrogen-bond acceptors (Lipinski definition) is 7. The maximum absolute atomic E-state index is 9.69. The van der Waals surface area contributed by atoms with Gasteiger partial charge in [0, 0.05) is 23.0 Å². The first-order valence-corrected chi connectivity index (χ1v) is 7.14. The number of nitrogens with zero attached hydrogens (tertiary/aromatic N) is 1. The maximum Gasteiger partial charge on any atom is 0.491 e. The highest BCUT2D eigenvalue weighted by atomic mass is 32.2. The SMILES string of the molecule is OB1OCc2cc(S)c(NSc3ncccc3O)cc21. The third-order valence-corrected chi connectivity index (χ3v) is 4.13. The van der Waals surface area contributed by atoms with Crippen molar-refractivity contribution in [2.75, 3.05) is 4.72 Å². The highest BCUT2D eigenvalue weighted by molar-refractivity contribution is 8.00.